The maximum Gasteiger partial charge on any atom is 0.433 e. The van der Waals surface area contributed by atoms with Crippen molar-refractivity contribution in [3.8, 4) is 11.4 Å². The number of nitrogens with zero attached hydrogens (tertiary/aromatic N) is 2. The van der Waals surface area contributed by atoms with E-state index in [1.165, 1.54) is 18.3 Å². The molecule has 2 aromatic rings. The van der Waals surface area contributed by atoms with Gasteiger partial charge in [-0.3, -0.25) is 10.1 Å². The monoisotopic (exact) mass is 291 g/mol. The van der Waals surface area contributed by atoms with Gasteiger partial charge in [0.15, 0.2) is 5.69 Å². The van der Waals surface area contributed by atoms with Crippen LogP contribution in [0.3, 0.4) is 0 Å². The molecule has 0 fully saturated rings. The third kappa shape index (κ3) is 2.39. The van der Waals surface area contributed by atoms with Crippen LogP contribution in [0.5, 0.6) is 0 Å². The molecule has 0 aliphatic heterocycles. The number of hydrogen-bond donors (Lipinski definition) is 2. The molecule has 100 valence electrons. The molecular formula is C10H5ClF3N3O2. The zero-order chi connectivity index (χ0) is 14.2. The Hall–Kier alpha value is -2.09. The van der Waals surface area contributed by atoms with Crippen LogP contribution in [0, 0.1) is 0 Å². The van der Waals surface area contributed by atoms with Crippen molar-refractivity contribution in [2.75, 3.05) is 0 Å². The molecule has 0 amide bonds. The van der Waals surface area contributed by atoms with Gasteiger partial charge < -0.3 is 5.11 Å². The number of pyridine rings is 1. The Morgan fingerprint density at radius 2 is 2.05 bits per heavy atom. The Labute approximate surface area is 109 Å². The number of carbonyl (C=O) groups is 1. The second-order valence-corrected chi connectivity index (χ2v) is 3.87. The predicted molar refractivity (Wildman–Crippen MR) is 58.8 cm³/mol. The Bertz CT molecular complexity index is 639. The fourth-order valence-corrected chi connectivity index (χ4v) is 1.70. The number of aromatic amines is 1. The zero-order valence-electron chi connectivity index (χ0n) is 8.99. The summed E-state index contributed by atoms with van der Waals surface area (Å²) in [6, 6.07) is 2.83. The number of carboxylic acid groups (broad SMARTS) is 1. The first-order chi connectivity index (χ1) is 8.82. The third-order valence-electron chi connectivity index (χ3n) is 2.25. The van der Waals surface area contributed by atoms with Gasteiger partial charge in [0, 0.05) is 6.20 Å². The molecule has 0 aliphatic carbocycles. The second-order valence-electron chi connectivity index (χ2n) is 3.46. The molecule has 0 saturated carbocycles. The first-order valence-corrected chi connectivity index (χ1v) is 5.20. The highest BCUT2D eigenvalue weighted by Crippen LogP contribution is 2.36. The fourth-order valence-electron chi connectivity index (χ4n) is 1.49. The van der Waals surface area contributed by atoms with E-state index in [0.29, 0.717) is 0 Å². The molecule has 0 unspecified atom stereocenters. The van der Waals surface area contributed by atoms with E-state index in [2.05, 4.69) is 10.1 Å². The average molecular weight is 292 g/mol. The number of aromatic nitrogens is 3. The van der Waals surface area contributed by atoms with Gasteiger partial charge in [0.05, 0.1) is 5.02 Å². The Morgan fingerprint density at radius 3 is 2.58 bits per heavy atom. The summed E-state index contributed by atoms with van der Waals surface area (Å²) in [5, 5.41) is 14.0. The zero-order valence-corrected chi connectivity index (χ0v) is 9.75. The molecule has 2 N–H and O–H groups in total. The van der Waals surface area contributed by atoms with E-state index in [4.69, 9.17) is 16.7 Å². The average Bonchev–Trinajstić information content (AvgIpc) is 2.73. The van der Waals surface area contributed by atoms with Gasteiger partial charge in [0.25, 0.3) is 0 Å². The fraction of sp³-hybridized carbons (Fsp3) is 0.100. The van der Waals surface area contributed by atoms with Crippen LogP contribution < -0.4 is 0 Å². The highest BCUT2D eigenvalue weighted by Gasteiger charge is 2.40. The minimum atomic E-state index is -4.86. The van der Waals surface area contributed by atoms with E-state index in [1.807, 2.05) is 0 Å². The van der Waals surface area contributed by atoms with Gasteiger partial charge >= 0.3 is 12.1 Å². The summed E-state index contributed by atoms with van der Waals surface area (Å²) in [7, 11) is 0. The van der Waals surface area contributed by atoms with Gasteiger partial charge in [-0.05, 0) is 12.1 Å². The molecule has 0 aromatic carbocycles. The standard InChI is InChI=1S/C10H5ClF3N3O2/c11-4-2-1-3-15-6(4)7-5(9(18)19)8(17-16-7)10(12,13)14/h1-3H,(H,16,17)(H,18,19). The molecule has 0 bridgehead atoms. The van der Waals surface area contributed by atoms with Crippen LogP contribution in [-0.2, 0) is 6.18 Å². The summed E-state index contributed by atoms with van der Waals surface area (Å²) in [5.74, 6) is -1.77. The lowest BCUT2D eigenvalue weighted by atomic mass is 10.1. The van der Waals surface area contributed by atoms with Crippen molar-refractivity contribution in [2.24, 2.45) is 0 Å². The summed E-state index contributed by atoms with van der Waals surface area (Å²) < 4.78 is 38.0. The quantitative estimate of drug-likeness (QED) is 0.891. The molecule has 0 radical (unpaired) electrons. The molecule has 9 heteroatoms. The van der Waals surface area contributed by atoms with Gasteiger partial charge in [-0.25, -0.2) is 4.79 Å². The minimum absolute atomic E-state index is 0.00484. The Balaban J connectivity index is 2.70. The molecular weight excluding hydrogens is 287 g/mol. The lowest BCUT2D eigenvalue weighted by Gasteiger charge is -2.05. The number of alkyl halides is 3. The number of nitrogens with one attached hydrogen (secondary N) is 1. The van der Waals surface area contributed by atoms with Crippen LogP contribution in [0.1, 0.15) is 16.1 Å². The largest absolute Gasteiger partial charge is 0.478 e. The van der Waals surface area contributed by atoms with Gasteiger partial charge in [0.2, 0.25) is 0 Å². The minimum Gasteiger partial charge on any atom is -0.478 e. The molecule has 0 saturated heterocycles. The maximum atomic E-state index is 12.7. The molecule has 19 heavy (non-hydrogen) atoms. The maximum absolute atomic E-state index is 12.7. The first-order valence-electron chi connectivity index (χ1n) is 4.82. The molecule has 2 aromatic heterocycles. The van der Waals surface area contributed by atoms with Crippen molar-refractivity contribution in [3.63, 3.8) is 0 Å². The summed E-state index contributed by atoms with van der Waals surface area (Å²) in [5.41, 5.74) is -3.04. The van der Waals surface area contributed by atoms with Crippen LogP contribution >= 0.6 is 11.6 Å². The van der Waals surface area contributed by atoms with E-state index in [-0.39, 0.29) is 10.7 Å². The lowest BCUT2D eigenvalue weighted by Crippen LogP contribution is -2.12. The lowest BCUT2D eigenvalue weighted by molar-refractivity contribution is -0.141. The van der Waals surface area contributed by atoms with Crippen molar-refractivity contribution in [1.82, 2.24) is 15.2 Å². The number of hydrogen-bond acceptors (Lipinski definition) is 3. The van der Waals surface area contributed by atoms with Gasteiger partial charge in [0.1, 0.15) is 17.0 Å². The smallest absolute Gasteiger partial charge is 0.433 e. The van der Waals surface area contributed by atoms with Crippen LogP contribution in [0.4, 0.5) is 13.2 Å². The number of carboxylic acids is 1. The predicted octanol–water partition coefficient (Wildman–Crippen LogP) is 2.84. The van der Waals surface area contributed by atoms with Crippen molar-refractivity contribution in [1.29, 1.82) is 0 Å². The molecule has 0 atom stereocenters. The number of H-pyrrole nitrogens is 1. The van der Waals surface area contributed by atoms with Gasteiger partial charge in [-0.2, -0.15) is 18.3 Å². The van der Waals surface area contributed by atoms with Crippen LogP contribution in [-0.4, -0.2) is 26.3 Å². The first kappa shape index (κ1) is 13.3. The van der Waals surface area contributed by atoms with E-state index >= 15 is 0 Å². The van der Waals surface area contributed by atoms with Crippen molar-refractivity contribution in [3.05, 3.63) is 34.6 Å². The van der Waals surface area contributed by atoms with Crippen LogP contribution in [0.2, 0.25) is 5.02 Å². The number of halogens is 4. The highest BCUT2D eigenvalue weighted by molar-refractivity contribution is 6.33. The molecule has 0 aliphatic rings. The van der Waals surface area contributed by atoms with E-state index < -0.39 is 29.1 Å². The summed E-state index contributed by atoms with van der Waals surface area (Å²) >= 11 is 5.77. The normalized spacial score (nSPS) is 11.6. The molecule has 5 nitrogen and oxygen atoms in total. The van der Waals surface area contributed by atoms with E-state index in [1.54, 1.807) is 5.10 Å². The molecule has 2 heterocycles. The highest BCUT2D eigenvalue weighted by atomic mass is 35.5. The number of aromatic carboxylic acids is 1. The van der Waals surface area contributed by atoms with E-state index in [9.17, 15) is 18.0 Å². The summed E-state index contributed by atoms with van der Waals surface area (Å²) in [4.78, 5) is 14.7. The van der Waals surface area contributed by atoms with Crippen molar-refractivity contribution < 1.29 is 23.1 Å². The molecule has 2 rings (SSSR count). The molecule has 0 spiro atoms. The number of rotatable bonds is 2. The SMILES string of the molecule is O=C(O)c1c(-c2ncccc2Cl)n[nH]c1C(F)(F)F. The third-order valence-corrected chi connectivity index (χ3v) is 2.55. The van der Waals surface area contributed by atoms with Gasteiger partial charge in [-0.1, -0.05) is 11.6 Å². The van der Waals surface area contributed by atoms with Crippen molar-refractivity contribution in [2.45, 2.75) is 6.18 Å². The summed E-state index contributed by atoms with van der Waals surface area (Å²) in [6.45, 7) is 0. The second kappa shape index (κ2) is 4.54. The van der Waals surface area contributed by atoms with Crippen molar-refractivity contribution >= 4 is 17.6 Å². The summed E-state index contributed by atoms with van der Waals surface area (Å²) in [6.07, 6.45) is -3.59. The Morgan fingerprint density at radius 1 is 1.37 bits per heavy atom. The van der Waals surface area contributed by atoms with Gasteiger partial charge in [-0.15, -0.1) is 0 Å². The Kier molecular flexibility index (Phi) is 3.19. The van der Waals surface area contributed by atoms with Crippen LogP contribution in [0.15, 0.2) is 18.3 Å². The van der Waals surface area contributed by atoms with E-state index in [0.717, 1.165) is 0 Å². The van der Waals surface area contributed by atoms with Crippen LogP contribution in [0.25, 0.3) is 11.4 Å². The topological polar surface area (TPSA) is 78.9 Å².